The number of esters is 1. The van der Waals surface area contributed by atoms with E-state index < -0.39 is 12.1 Å². The quantitative estimate of drug-likeness (QED) is 0.490. The van der Waals surface area contributed by atoms with Crippen molar-refractivity contribution in [2.24, 2.45) is 0 Å². The van der Waals surface area contributed by atoms with Crippen LogP contribution in [0.4, 0.5) is 0 Å². The van der Waals surface area contributed by atoms with Gasteiger partial charge in [-0.1, -0.05) is 23.8 Å². The lowest BCUT2D eigenvalue weighted by Gasteiger charge is -2.14. The molecule has 0 aliphatic heterocycles. The molecule has 18 heavy (non-hydrogen) atoms. The Balaban J connectivity index is 4.04. The first kappa shape index (κ1) is 16.6. The third-order valence-corrected chi connectivity index (χ3v) is 2.57. The van der Waals surface area contributed by atoms with Crippen molar-refractivity contribution in [1.82, 2.24) is 0 Å². The second kappa shape index (κ2) is 8.67. The van der Waals surface area contributed by atoms with Crippen LogP contribution in [0.3, 0.4) is 0 Å². The molecule has 102 valence electrons. The molecule has 0 saturated heterocycles. The molecule has 0 aliphatic rings. The summed E-state index contributed by atoms with van der Waals surface area (Å²) < 4.78 is 4.96. The van der Waals surface area contributed by atoms with Crippen molar-refractivity contribution in [2.45, 2.75) is 59.5 Å². The summed E-state index contributed by atoms with van der Waals surface area (Å²) >= 11 is 0. The molecule has 0 aliphatic carbocycles. The predicted molar refractivity (Wildman–Crippen MR) is 73.3 cm³/mol. The van der Waals surface area contributed by atoms with Crippen molar-refractivity contribution in [3.8, 4) is 0 Å². The lowest BCUT2D eigenvalue weighted by atomic mass is 10.0. The normalized spacial score (nSPS) is 11.6. The van der Waals surface area contributed by atoms with E-state index in [1.807, 2.05) is 0 Å². The Bertz CT molecular complexity index is 336. The van der Waals surface area contributed by atoms with Crippen molar-refractivity contribution in [3.63, 3.8) is 0 Å². The SMILES string of the molecule is C=C(CCC=C(C)C)CCC(OC(C)=O)C(C)=O. The van der Waals surface area contributed by atoms with Crippen LogP contribution in [0.25, 0.3) is 0 Å². The van der Waals surface area contributed by atoms with Crippen molar-refractivity contribution >= 4 is 11.8 Å². The van der Waals surface area contributed by atoms with E-state index in [9.17, 15) is 9.59 Å². The minimum absolute atomic E-state index is 0.109. The van der Waals surface area contributed by atoms with Gasteiger partial charge in [0.2, 0.25) is 0 Å². The summed E-state index contributed by atoms with van der Waals surface area (Å²) in [4.78, 5) is 22.1. The summed E-state index contributed by atoms with van der Waals surface area (Å²) in [7, 11) is 0. The van der Waals surface area contributed by atoms with Crippen molar-refractivity contribution in [1.29, 1.82) is 0 Å². The molecule has 1 unspecified atom stereocenters. The van der Waals surface area contributed by atoms with E-state index in [4.69, 9.17) is 4.74 Å². The Kier molecular flexibility index (Phi) is 8.01. The number of ether oxygens (including phenoxy) is 1. The molecule has 0 amide bonds. The maximum atomic E-state index is 11.3. The number of carbonyl (C=O) groups is 2. The Morgan fingerprint density at radius 2 is 1.78 bits per heavy atom. The fourth-order valence-electron chi connectivity index (χ4n) is 1.57. The lowest BCUT2D eigenvalue weighted by Crippen LogP contribution is -2.24. The first-order valence-electron chi connectivity index (χ1n) is 6.30. The molecule has 0 radical (unpaired) electrons. The van der Waals surface area contributed by atoms with Gasteiger partial charge in [-0.25, -0.2) is 0 Å². The van der Waals surface area contributed by atoms with Gasteiger partial charge in [-0.05, 0) is 46.5 Å². The first-order chi connectivity index (χ1) is 8.32. The zero-order valence-corrected chi connectivity index (χ0v) is 11.9. The number of carbonyl (C=O) groups excluding carboxylic acids is 2. The molecule has 1 atom stereocenters. The summed E-state index contributed by atoms with van der Waals surface area (Å²) in [6.45, 7) is 10.9. The fourth-order valence-corrected chi connectivity index (χ4v) is 1.57. The molecule has 0 aromatic carbocycles. The molecule has 0 spiro atoms. The molecule has 0 fully saturated rings. The topological polar surface area (TPSA) is 43.4 Å². The lowest BCUT2D eigenvalue weighted by molar-refractivity contribution is -0.152. The summed E-state index contributed by atoms with van der Waals surface area (Å²) in [5, 5.41) is 0. The molecule has 0 bridgehead atoms. The van der Waals surface area contributed by atoms with Gasteiger partial charge in [-0.2, -0.15) is 0 Å². The third-order valence-electron chi connectivity index (χ3n) is 2.57. The number of rotatable bonds is 8. The van der Waals surface area contributed by atoms with E-state index in [2.05, 4.69) is 26.5 Å². The Hall–Kier alpha value is -1.38. The minimum atomic E-state index is -0.622. The van der Waals surface area contributed by atoms with E-state index in [1.54, 1.807) is 0 Å². The number of hydrogen-bond donors (Lipinski definition) is 0. The molecule has 0 saturated carbocycles. The van der Waals surface area contributed by atoms with Crippen molar-refractivity contribution < 1.29 is 14.3 Å². The third kappa shape index (κ3) is 8.74. The largest absolute Gasteiger partial charge is 0.455 e. The van der Waals surface area contributed by atoms with Crippen LogP contribution in [0, 0.1) is 0 Å². The number of allylic oxidation sites excluding steroid dienone is 3. The van der Waals surface area contributed by atoms with E-state index in [0.29, 0.717) is 12.8 Å². The monoisotopic (exact) mass is 252 g/mol. The van der Waals surface area contributed by atoms with Crippen LogP contribution in [0.1, 0.15) is 53.4 Å². The molecule has 3 nitrogen and oxygen atoms in total. The molecule has 0 N–H and O–H groups in total. The standard InChI is InChI=1S/C15H24O3/c1-11(2)7-6-8-12(3)9-10-15(13(4)16)18-14(5)17/h7,15H,3,6,8-10H2,1-2,4-5H3. The van der Waals surface area contributed by atoms with Crippen LogP contribution in [0.15, 0.2) is 23.8 Å². The maximum absolute atomic E-state index is 11.3. The van der Waals surface area contributed by atoms with Gasteiger partial charge in [0.25, 0.3) is 0 Å². The van der Waals surface area contributed by atoms with Gasteiger partial charge in [0, 0.05) is 6.92 Å². The van der Waals surface area contributed by atoms with Crippen LogP contribution < -0.4 is 0 Å². The Morgan fingerprint density at radius 1 is 1.17 bits per heavy atom. The second-order valence-electron chi connectivity index (χ2n) is 4.82. The molecular weight excluding hydrogens is 228 g/mol. The Labute approximate surface area is 110 Å². The molecular formula is C15H24O3. The smallest absolute Gasteiger partial charge is 0.303 e. The van der Waals surface area contributed by atoms with Gasteiger partial charge in [-0.3, -0.25) is 9.59 Å². The highest BCUT2D eigenvalue weighted by Gasteiger charge is 2.17. The van der Waals surface area contributed by atoms with Gasteiger partial charge in [-0.15, -0.1) is 0 Å². The minimum Gasteiger partial charge on any atom is -0.455 e. The van der Waals surface area contributed by atoms with E-state index in [-0.39, 0.29) is 5.78 Å². The zero-order valence-electron chi connectivity index (χ0n) is 11.9. The second-order valence-corrected chi connectivity index (χ2v) is 4.82. The van der Waals surface area contributed by atoms with Crippen LogP contribution in [-0.4, -0.2) is 17.9 Å². The molecule has 0 heterocycles. The highest BCUT2D eigenvalue weighted by molar-refractivity contribution is 5.83. The average molecular weight is 252 g/mol. The van der Waals surface area contributed by atoms with E-state index in [1.165, 1.54) is 19.4 Å². The number of Topliss-reactive ketones (excluding diaryl/α,β-unsaturated/α-hetero) is 1. The van der Waals surface area contributed by atoms with Gasteiger partial charge in [0.1, 0.15) is 0 Å². The average Bonchev–Trinajstić information content (AvgIpc) is 2.22. The highest BCUT2D eigenvalue weighted by atomic mass is 16.5. The number of hydrogen-bond acceptors (Lipinski definition) is 3. The van der Waals surface area contributed by atoms with Gasteiger partial charge in [0.15, 0.2) is 11.9 Å². The van der Waals surface area contributed by atoms with Crippen LogP contribution in [0.5, 0.6) is 0 Å². The first-order valence-corrected chi connectivity index (χ1v) is 6.30. The molecule has 0 aromatic heterocycles. The predicted octanol–water partition coefficient (Wildman–Crippen LogP) is 3.59. The van der Waals surface area contributed by atoms with Gasteiger partial charge >= 0.3 is 5.97 Å². The summed E-state index contributed by atoms with van der Waals surface area (Å²) in [5.74, 6) is -0.521. The highest BCUT2D eigenvalue weighted by Crippen LogP contribution is 2.15. The van der Waals surface area contributed by atoms with Crippen LogP contribution in [-0.2, 0) is 14.3 Å². The van der Waals surface area contributed by atoms with Crippen LogP contribution >= 0.6 is 0 Å². The van der Waals surface area contributed by atoms with E-state index in [0.717, 1.165) is 18.4 Å². The van der Waals surface area contributed by atoms with E-state index >= 15 is 0 Å². The maximum Gasteiger partial charge on any atom is 0.303 e. The van der Waals surface area contributed by atoms with Crippen molar-refractivity contribution in [3.05, 3.63) is 23.8 Å². The fraction of sp³-hybridized carbons (Fsp3) is 0.600. The van der Waals surface area contributed by atoms with Crippen molar-refractivity contribution in [2.75, 3.05) is 0 Å². The summed E-state index contributed by atoms with van der Waals surface area (Å²) in [5.41, 5.74) is 2.38. The molecule has 0 aromatic rings. The Morgan fingerprint density at radius 3 is 2.22 bits per heavy atom. The van der Waals surface area contributed by atoms with Gasteiger partial charge < -0.3 is 4.74 Å². The number of ketones is 1. The summed E-state index contributed by atoms with van der Waals surface area (Å²) in [6.07, 6.45) is 4.67. The van der Waals surface area contributed by atoms with Gasteiger partial charge in [0.05, 0.1) is 0 Å². The summed E-state index contributed by atoms with van der Waals surface area (Å²) in [6, 6.07) is 0. The molecule has 3 heteroatoms. The zero-order chi connectivity index (χ0) is 14.1. The molecule has 0 rings (SSSR count). The van der Waals surface area contributed by atoms with Crippen LogP contribution in [0.2, 0.25) is 0 Å².